The standard InChI is InChI=1S/C8H8BrClO/c1-6(11)7-4-2-3-5-8(7,9)10/h2-5,7H,1H3. The number of carbonyl (C=O) groups is 1. The molecule has 0 amide bonds. The first-order valence-corrected chi connectivity index (χ1v) is 4.45. The van der Waals surface area contributed by atoms with Crippen molar-refractivity contribution in [2.45, 2.75) is 10.7 Å². The van der Waals surface area contributed by atoms with Gasteiger partial charge in [0, 0.05) is 0 Å². The Hall–Kier alpha value is -0.0800. The van der Waals surface area contributed by atoms with E-state index < -0.39 is 3.78 Å². The molecule has 1 rings (SSSR count). The number of rotatable bonds is 1. The molecule has 0 fully saturated rings. The molecular formula is C8H8BrClO. The van der Waals surface area contributed by atoms with Crippen molar-refractivity contribution in [3.63, 3.8) is 0 Å². The first kappa shape index (κ1) is 9.01. The van der Waals surface area contributed by atoms with E-state index in [1.54, 1.807) is 12.2 Å². The zero-order valence-corrected chi connectivity index (χ0v) is 8.39. The van der Waals surface area contributed by atoms with Crippen LogP contribution < -0.4 is 0 Å². The van der Waals surface area contributed by atoms with Crippen LogP contribution in [0.5, 0.6) is 0 Å². The lowest BCUT2D eigenvalue weighted by atomic mass is 9.96. The second-order valence-corrected chi connectivity index (χ2v) is 4.90. The molecule has 0 aromatic heterocycles. The lowest BCUT2D eigenvalue weighted by Crippen LogP contribution is -2.28. The Morgan fingerprint density at radius 3 is 2.64 bits per heavy atom. The van der Waals surface area contributed by atoms with Crippen molar-refractivity contribution >= 4 is 33.3 Å². The summed E-state index contributed by atoms with van der Waals surface area (Å²) in [5, 5.41) is 0. The van der Waals surface area contributed by atoms with Crippen molar-refractivity contribution in [2.24, 2.45) is 5.92 Å². The zero-order chi connectivity index (χ0) is 8.48. The van der Waals surface area contributed by atoms with Gasteiger partial charge in [0.2, 0.25) is 0 Å². The Labute approximate surface area is 79.2 Å². The van der Waals surface area contributed by atoms with Gasteiger partial charge in [0.1, 0.15) is 9.57 Å². The van der Waals surface area contributed by atoms with Gasteiger partial charge in [0.15, 0.2) is 0 Å². The molecule has 0 aliphatic heterocycles. The molecule has 1 aliphatic rings. The van der Waals surface area contributed by atoms with Gasteiger partial charge in [-0.05, 0) is 6.92 Å². The van der Waals surface area contributed by atoms with Crippen LogP contribution in [0.2, 0.25) is 0 Å². The minimum Gasteiger partial charge on any atom is -0.299 e. The van der Waals surface area contributed by atoms with Gasteiger partial charge >= 0.3 is 0 Å². The summed E-state index contributed by atoms with van der Waals surface area (Å²) in [4.78, 5) is 11.0. The van der Waals surface area contributed by atoms with Gasteiger partial charge in [0.25, 0.3) is 0 Å². The molecule has 0 bridgehead atoms. The highest BCUT2D eigenvalue weighted by atomic mass is 79.9. The van der Waals surface area contributed by atoms with Crippen LogP contribution in [0.25, 0.3) is 0 Å². The van der Waals surface area contributed by atoms with E-state index in [9.17, 15) is 4.79 Å². The molecule has 0 radical (unpaired) electrons. The molecular weight excluding hydrogens is 227 g/mol. The predicted octanol–water partition coefficient (Wildman–Crippen LogP) is 2.65. The molecule has 0 spiro atoms. The Balaban J connectivity index is 2.89. The average Bonchev–Trinajstić information content (AvgIpc) is 1.85. The monoisotopic (exact) mass is 234 g/mol. The van der Waals surface area contributed by atoms with Crippen molar-refractivity contribution in [2.75, 3.05) is 0 Å². The number of carbonyl (C=O) groups excluding carboxylic acids is 1. The van der Waals surface area contributed by atoms with Gasteiger partial charge in [-0.15, -0.1) is 11.6 Å². The molecule has 0 saturated heterocycles. The normalized spacial score (nSPS) is 35.7. The summed E-state index contributed by atoms with van der Waals surface area (Å²) >= 11 is 9.26. The van der Waals surface area contributed by atoms with Gasteiger partial charge < -0.3 is 0 Å². The van der Waals surface area contributed by atoms with E-state index in [1.807, 2.05) is 12.2 Å². The first-order valence-electron chi connectivity index (χ1n) is 3.28. The van der Waals surface area contributed by atoms with Gasteiger partial charge in [-0.2, -0.15) is 0 Å². The number of ketones is 1. The Morgan fingerprint density at radius 2 is 2.27 bits per heavy atom. The van der Waals surface area contributed by atoms with Crippen molar-refractivity contribution in [3.05, 3.63) is 24.3 Å². The lowest BCUT2D eigenvalue weighted by Gasteiger charge is -2.24. The summed E-state index contributed by atoms with van der Waals surface area (Å²) in [6.07, 6.45) is 7.21. The van der Waals surface area contributed by atoms with Gasteiger partial charge in [-0.1, -0.05) is 40.2 Å². The third-order valence-corrected chi connectivity index (χ3v) is 2.70. The van der Waals surface area contributed by atoms with E-state index in [1.165, 1.54) is 6.92 Å². The second-order valence-electron chi connectivity index (χ2n) is 2.51. The summed E-state index contributed by atoms with van der Waals surface area (Å²) in [5.74, 6) is -0.188. The molecule has 11 heavy (non-hydrogen) atoms. The van der Waals surface area contributed by atoms with Crippen molar-refractivity contribution in [1.29, 1.82) is 0 Å². The minimum absolute atomic E-state index is 0.0671. The van der Waals surface area contributed by atoms with Crippen LogP contribution in [0.1, 0.15) is 6.92 Å². The molecule has 1 nitrogen and oxygen atoms in total. The molecule has 0 saturated carbocycles. The molecule has 2 atom stereocenters. The number of alkyl halides is 2. The van der Waals surface area contributed by atoms with Crippen molar-refractivity contribution < 1.29 is 4.79 Å². The highest BCUT2D eigenvalue weighted by molar-refractivity contribution is 9.10. The molecule has 0 aromatic carbocycles. The third-order valence-electron chi connectivity index (χ3n) is 1.59. The number of halogens is 2. The van der Waals surface area contributed by atoms with Crippen molar-refractivity contribution in [3.8, 4) is 0 Å². The molecule has 60 valence electrons. The Morgan fingerprint density at radius 1 is 1.64 bits per heavy atom. The van der Waals surface area contributed by atoms with E-state index in [2.05, 4.69) is 15.9 Å². The maximum absolute atomic E-state index is 11.0. The fourth-order valence-corrected chi connectivity index (χ4v) is 1.92. The predicted molar refractivity (Wildman–Crippen MR) is 50.0 cm³/mol. The molecule has 0 heterocycles. The lowest BCUT2D eigenvalue weighted by molar-refractivity contribution is -0.119. The van der Waals surface area contributed by atoms with Crippen LogP contribution >= 0.6 is 27.5 Å². The van der Waals surface area contributed by atoms with E-state index >= 15 is 0 Å². The topological polar surface area (TPSA) is 17.1 Å². The number of Topliss-reactive ketones (excluding diaryl/α,β-unsaturated/α-hetero) is 1. The Kier molecular flexibility index (Phi) is 2.55. The summed E-state index contributed by atoms with van der Waals surface area (Å²) in [6.45, 7) is 1.53. The van der Waals surface area contributed by atoms with Gasteiger partial charge in [0.05, 0.1) is 5.92 Å². The zero-order valence-electron chi connectivity index (χ0n) is 6.05. The molecule has 0 aromatic rings. The van der Waals surface area contributed by atoms with Crippen LogP contribution in [0.4, 0.5) is 0 Å². The molecule has 0 N–H and O–H groups in total. The minimum atomic E-state index is -0.715. The fourth-order valence-electron chi connectivity index (χ4n) is 0.998. The van der Waals surface area contributed by atoms with E-state index in [4.69, 9.17) is 11.6 Å². The van der Waals surface area contributed by atoms with Crippen LogP contribution in [0.15, 0.2) is 24.3 Å². The molecule has 2 unspecified atom stereocenters. The SMILES string of the molecule is CC(=O)C1C=CC=CC1(Cl)Br. The highest BCUT2D eigenvalue weighted by Crippen LogP contribution is 2.37. The van der Waals surface area contributed by atoms with Crippen LogP contribution in [0, 0.1) is 5.92 Å². The van der Waals surface area contributed by atoms with E-state index in [0.29, 0.717) is 0 Å². The number of hydrogen-bond acceptors (Lipinski definition) is 1. The Bertz CT molecular complexity index is 230. The van der Waals surface area contributed by atoms with Gasteiger partial charge in [-0.25, -0.2) is 0 Å². The maximum atomic E-state index is 11.0. The number of hydrogen-bond donors (Lipinski definition) is 0. The van der Waals surface area contributed by atoms with Crippen LogP contribution in [-0.4, -0.2) is 9.57 Å². The second kappa shape index (κ2) is 3.11. The summed E-state index contributed by atoms with van der Waals surface area (Å²) < 4.78 is -0.715. The maximum Gasteiger partial charge on any atom is 0.139 e. The molecule has 1 aliphatic carbocycles. The molecule has 3 heteroatoms. The number of allylic oxidation sites excluding steroid dienone is 4. The fraction of sp³-hybridized carbons (Fsp3) is 0.375. The quantitative estimate of drug-likeness (QED) is 0.639. The van der Waals surface area contributed by atoms with Crippen LogP contribution in [-0.2, 0) is 4.79 Å². The van der Waals surface area contributed by atoms with E-state index in [-0.39, 0.29) is 11.7 Å². The summed E-state index contributed by atoms with van der Waals surface area (Å²) in [5.41, 5.74) is 0. The average molecular weight is 236 g/mol. The summed E-state index contributed by atoms with van der Waals surface area (Å²) in [7, 11) is 0. The highest BCUT2D eigenvalue weighted by Gasteiger charge is 2.34. The van der Waals surface area contributed by atoms with E-state index in [0.717, 1.165) is 0 Å². The third kappa shape index (κ3) is 1.94. The summed E-state index contributed by atoms with van der Waals surface area (Å²) in [6, 6.07) is 0. The van der Waals surface area contributed by atoms with Crippen molar-refractivity contribution in [1.82, 2.24) is 0 Å². The van der Waals surface area contributed by atoms with Crippen LogP contribution in [0.3, 0.4) is 0 Å². The smallest absolute Gasteiger partial charge is 0.139 e. The largest absolute Gasteiger partial charge is 0.299 e. The van der Waals surface area contributed by atoms with Gasteiger partial charge in [-0.3, -0.25) is 4.79 Å². The first-order chi connectivity index (χ1) is 5.04.